The summed E-state index contributed by atoms with van der Waals surface area (Å²) in [4.78, 5) is 24.3. The molecule has 1 fully saturated rings. The molecule has 0 aromatic heterocycles. The van der Waals surface area contributed by atoms with Gasteiger partial charge in [-0.25, -0.2) is 9.18 Å². The Morgan fingerprint density at radius 1 is 1.45 bits per heavy atom. The van der Waals surface area contributed by atoms with Crippen molar-refractivity contribution in [2.45, 2.75) is 18.9 Å². The molecular formula is C15H18FNO5. The molecule has 0 radical (unpaired) electrons. The molecule has 1 aromatic rings. The number of hydrogen-bond acceptors (Lipinski definition) is 4. The highest BCUT2D eigenvalue weighted by atomic mass is 19.1. The second-order valence-electron chi connectivity index (χ2n) is 4.95. The number of carbonyl (C=O) groups excluding carboxylic acids is 1. The molecule has 1 aromatic carbocycles. The minimum absolute atomic E-state index is 0.0684. The van der Waals surface area contributed by atoms with Crippen LogP contribution in [0.25, 0.3) is 0 Å². The lowest BCUT2D eigenvalue weighted by Crippen LogP contribution is -2.48. The summed E-state index contributed by atoms with van der Waals surface area (Å²) in [6, 6.07) is 5.80. The fraction of sp³-hybridized carbons (Fsp3) is 0.467. The minimum Gasteiger partial charge on any atom is -0.493 e. The SMILES string of the molecule is O=C(O)C1CN(C(=O)CCCOc2cccc(F)c2)CCO1. The van der Waals surface area contributed by atoms with Crippen molar-refractivity contribution in [3.63, 3.8) is 0 Å². The number of nitrogens with zero attached hydrogens (tertiary/aromatic N) is 1. The van der Waals surface area contributed by atoms with Crippen LogP contribution in [0.5, 0.6) is 5.75 Å². The van der Waals surface area contributed by atoms with Gasteiger partial charge < -0.3 is 19.5 Å². The van der Waals surface area contributed by atoms with Crippen molar-refractivity contribution in [2.24, 2.45) is 0 Å². The van der Waals surface area contributed by atoms with Gasteiger partial charge >= 0.3 is 5.97 Å². The van der Waals surface area contributed by atoms with E-state index in [9.17, 15) is 14.0 Å². The Morgan fingerprint density at radius 2 is 2.27 bits per heavy atom. The first-order valence-corrected chi connectivity index (χ1v) is 7.07. The third-order valence-electron chi connectivity index (χ3n) is 3.29. The molecular weight excluding hydrogens is 293 g/mol. The van der Waals surface area contributed by atoms with Crippen LogP contribution in [0.15, 0.2) is 24.3 Å². The van der Waals surface area contributed by atoms with Crippen LogP contribution < -0.4 is 4.74 Å². The molecule has 0 spiro atoms. The zero-order valence-electron chi connectivity index (χ0n) is 12.0. The maximum Gasteiger partial charge on any atom is 0.334 e. The molecule has 0 aliphatic carbocycles. The van der Waals surface area contributed by atoms with Crippen molar-refractivity contribution in [1.29, 1.82) is 0 Å². The Bertz CT molecular complexity index is 536. The minimum atomic E-state index is -1.06. The molecule has 1 atom stereocenters. The Morgan fingerprint density at radius 3 is 3.00 bits per heavy atom. The van der Waals surface area contributed by atoms with E-state index in [-0.39, 0.29) is 31.3 Å². The summed E-state index contributed by atoms with van der Waals surface area (Å²) in [5.74, 6) is -1.14. The predicted molar refractivity (Wildman–Crippen MR) is 75.1 cm³/mol. The Hall–Kier alpha value is -2.15. The van der Waals surface area contributed by atoms with Crippen molar-refractivity contribution in [2.75, 3.05) is 26.3 Å². The van der Waals surface area contributed by atoms with Crippen molar-refractivity contribution in [1.82, 2.24) is 4.90 Å². The molecule has 1 N–H and O–H groups in total. The molecule has 6 nitrogen and oxygen atoms in total. The first kappa shape index (κ1) is 16.2. The smallest absolute Gasteiger partial charge is 0.334 e. The molecule has 1 unspecified atom stereocenters. The molecule has 1 aliphatic heterocycles. The van der Waals surface area contributed by atoms with E-state index < -0.39 is 12.1 Å². The average Bonchev–Trinajstić information content (AvgIpc) is 2.51. The second kappa shape index (κ2) is 7.74. The third-order valence-corrected chi connectivity index (χ3v) is 3.29. The number of benzene rings is 1. The number of carboxylic acid groups (broad SMARTS) is 1. The molecule has 1 amide bonds. The number of ether oxygens (including phenoxy) is 2. The van der Waals surface area contributed by atoms with Crippen LogP contribution >= 0.6 is 0 Å². The van der Waals surface area contributed by atoms with Gasteiger partial charge in [0.25, 0.3) is 0 Å². The number of rotatable bonds is 6. The van der Waals surface area contributed by atoms with Crippen molar-refractivity contribution in [3.05, 3.63) is 30.1 Å². The van der Waals surface area contributed by atoms with Crippen LogP contribution in [-0.2, 0) is 14.3 Å². The second-order valence-corrected chi connectivity index (χ2v) is 4.95. The van der Waals surface area contributed by atoms with Crippen LogP contribution in [0, 0.1) is 5.82 Å². The topological polar surface area (TPSA) is 76.1 Å². The van der Waals surface area contributed by atoms with Crippen LogP contribution in [0.3, 0.4) is 0 Å². The van der Waals surface area contributed by atoms with Gasteiger partial charge in [-0.2, -0.15) is 0 Å². The van der Waals surface area contributed by atoms with Crippen LogP contribution in [0.2, 0.25) is 0 Å². The normalized spacial score (nSPS) is 18.0. The molecule has 1 saturated heterocycles. The number of amides is 1. The molecule has 0 bridgehead atoms. The van der Waals surface area contributed by atoms with Gasteiger partial charge in [-0.05, 0) is 18.6 Å². The van der Waals surface area contributed by atoms with E-state index in [0.717, 1.165) is 0 Å². The lowest BCUT2D eigenvalue weighted by molar-refractivity contribution is -0.159. The fourth-order valence-electron chi connectivity index (χ4n) is 2.15. The summed E-state index contributed by atoms with van der Waals surface area (Å²) in [7, 11) is 0. The zero-order chi connectivity index (χ0) is 15.9. The maximum atomic E-state index is 12.9. The van der Waals surface area contributed by atoms with Crippen LogP contribution in [-0.4, -0.2) is 54.3 Å². The average molecular weight is 311 g/mol. The molecule has 2 rings (SSSR count). The summed E-state index contributed by atoms with van der Waals surface area (Å²) in [6.45, 7) is 0.983. The number of carboxylic acids is 1. The number of hydrogen-bond donors (Lipinski definition) is 1. The number of aliphatic carboxylic acids is 1. The van der Waals surface area contributed by atoms with Gasteiger partial charge in [0.05, 0.1) is 19.8 Å². The summed E-state index contributed by atoms with van der Waals surface area (Å²) in [5.41, 5.74) is 0. The van der Waals surface area contributed by atoms with E-state index in [1.807, 2.05) is 0 Å². The predicted octanol–water partition coefficient (Wildman–Crippen LogP) is 1.30. The first-order valence-electron chi connectivity index (χ1n) is 7.07. The zero-order valence-corrected chi connectivity index (χ0v) is 12.0. The van der Waals surface area contributed by atoms with Gasteiger partial charge in [0, 0.05) is 19.0 Å². The van der Waals surface area contributed by atoms with Gasteiger partial charge in [-0.15, -0.1) is 0 Å². The van der Waals surface area contributed by atoms with E-state index in [4.69, 9.17) is 14.6 Å². The quantitative estimate of drug-likeness (QED) is 0.801. The molecule has 1 heterocycles. The standard InChI is InChI=1S/C15H18FNO5/c16-11-3-1-4-12(9-11)21-7-2-5-14(18)17-6-8-22-13(10-17)15(19)20/h1,3-4,9,13H,2,5-8,10H2,(H,19,20). The highest BCUT2D eigenvalue weighted by Gasteiger charge is 2.28. The van der Waals surface area contributed by atoms with Crippen molar-refractivity contribution >= 4 is 11.9 Å². The largest absolute Gasteiger partial charge is 0.493 e. The number of carbonyl (C=O) groups is 2. The monoisotopic (exact) mass is 311 g/mol. The molecule has 1 aliphatic rings. The van der Waals surface area contributed by atoms with E-state index in [0.29, 0.717) is 25.3 Å². The van der Waals surface area contributed by atoms with Crippen LogP contribution in [0.1, 0.15) is 12.8 Å². The van der Waals surface area contributed by atoms with Crippen molar-refractivity contribution in [3.8, 4) is 5.75 Å². The molecule has 7 heteroatoms. The van der Waals surface area contributed by atoms with Gasteiger partial charge in [0.15, 0.2) is 6.10 Å². The summed E-state index contributed by atoms with van der Waals surface area (Å²) >= 11 is 0. The molecule has 120 valence electrons. The lowest BCUT2D eigenvalue weighted by Gasteiger charge is -2.30. The van der Waals surface area contributed by atoms with Gasteiger partial charge in [0.2, 0.25) is 5.91 Å². The Kier molecular flexibility index (Phi) is 5.71. The number of halogens is 1. The van der Waals surface area contributed by atoms with Gasteiger partial charge in [0.1, 0.15) is 11.6 Å². The maximum absolute atomic E-state index is 12.9. The summed E-state index contributed by atoms with van der Waals surface area (Å²) in [5, 5.41) is 8.89. The van der Waals surface area contributed by atoms with Gasteiger partial charge in [-0.3, -0.25) is 4.79 Å². The van der Waals surface area contributed by atoms with Crippen LogP contribution in [0.4, 0.5) is 4.39 Å². The van der Waals surface area contributed by atoms with Gasteiger partial charge in [-0.1, -0.05) is 6.07 Å². The molecule has 0 saturated carbocycles. The summed E-state index contributed by atoms with van der Waals surface area (Å²) < 4.78 is 23.4. The lowest BCUT2D eigenvalue weighted by atomic mass is 10.2. The first-order chi connectivity index (χ1) is 10.6. The van der Waals surface area contributed by atoms with E-state index in [2.05, 4.69) is 0 Å². The highest BCUT2D eigenvalue weighted by Crippen LogP contribution is 2.13. The highest BCUT2D eigenvalue weighted by molar-refractivity contribution is 5.78. The van der Waals surface area contributed by atoms with Crippen molar-refractivity contribution < 1.29 is 28.6 Å². The van der Waals surface area contributed by atoms with E-state index in [1.54, 1.807) is 12.1 Å². The third kappa shape index (κ3) is 4.70. The summed E-state index contributed by atoms with van der Waals surface area (Å²) in [6.07, 6.45) is -0.229. The molecule has 22 heavy (non-hydrogen) atoms. The van der Waals surface area contributed by atoms with E-state index >= 15 is 0 Å². The van der Waals surface area contributed by atoms with E-state index in [1.165, 1.54) is 17.0 Å². The fourth-order valence-corrected chi connectivity index (χ4v) is 2.15. The Balaban J connectivity index is 1.70. The Labute approximate surface area is 127 Å². The number of morpholine rings is 1.